The maximum absolute atomic E-state index is 12.8. The lowest BCUT2D eigenvalue weighted by molar-refractivity contribution is -0.124. The number of amides is 1. The molecule has 0 saturated carbocycles. The molecule has 9 heteroatoms. The van der Waals surface area contributed by atoms with Crippen LogP contribution < -0.4 is 5.32 Å². The van der Waals surface area contributed by atoms with Crippen molar-refractivity contribution in [3.8, 4) is 22.5 Å². The summed E-state index contributed by atoms with van der Waals surface area (Å²) in [6, 6.07) is 16.6. The SMILES string of the molecule is CCCCc1ncc(CNC(=O)C(CS)CC(C)C)n1Cc1ccc(-c2ccccc2-c2nn[nH]n2)cc1. The maximum Gasteiger partial charge on any atom is 0.224 e. The largest absolute Gasteiger partial charge is 0.350 e. The van der Waals surface area contributed by atoms with E-state index >= 15 is 0 Å². The molecule has 38 heavy (non-hydrogen) atoms. The van der Waals surface area contributed by atoms with Crippen molar-refractivity contribution >= 4 is 18.5 Å². The lowest BCUT2D eigenvalue weighted by Gasteiger charge is -2.18. The molecule has 2 aromatic heterocycles. The summed E-state index contributed by atoms with van der Waals surface area (Å²) in [7, 11) is 0. The smallest absolute Gasteiger partial charge is 0.224 e. The predicted molar refractivity (Wildman–Crippen MR) is 154 cm³/mol. The first kappa shape index (κ1) is 27.6. The van der Waals surface area contributed by atoms with E-state index in [1.165, 1.54) is 5.56 Å². The molecule has 0 aliphatic heterocycles. The highest BCUT2D eigenvalue weighted by Gasteiger charge is 2.19. The summed E-state index contributed by atoms with van der Waals surface area (Å²) >= 11 is 4.41. The van der Waals surface area contributed by atoms with Gasteiger partial charge in [-0.1, -0.05) is 75.7 Å². The van der Waals surface area contributed by atoms with Gasteiger partial charge < -0.3 is 9.88 Å². The minimum atomic E-state index is -0.0860. The minimum Gasteiger partial charge on any atom is -0.350 e. The van der Waals surface area contributed by atoms with Gasteiger partial charge in [0.25, 0.3) is 0 Å². The summed E-state index contributed by atoms with van der Waals surface area (Å²) < 4.78 is 2.25. The van der Waals surface area contributed by atoms with E-state index in [0.29, 0.717) is 30.6 Å². The highest BCUT2D eigenvalue weighted by atomic mass is 32.1. The zero-order valence-corrected chi connectivity index (χ0v) is 23.3. The van der Waals surface area contributed by atoms with Crippen LogP contribution in [-0.2, 0) is 24.3 Å². The average molecular weight is 532 g/mol. The van der Waals surface area contributed by atoms with Gasteiger partial charge in [-0.25, -0.2) is 4.98 Å². The number of unbranched alkanes of at least 4 members (excludes halogenated alkanes) is 1. The van der Waals surface area contributed by atoms with Crippen LogP contribution in [0.5, 0.6) is 0 Å². The van der Waals surface area contributed by atoms with Crippen molar-refractivity contribution in [1.82, 2.24) is 35.5 Å². The van der Waals surface area contributed by atoms with E-state index in [0.717, 1.165) is 53.9 Å². The lowest BCUT2D eigenvalue weighted by atomic mass is 9.98. The van der Waals surface area contributed by atoms with Crippen LogP contribution in [0, 0.1) is 11.8 Å². The van der Waals surface area contributed by atoms with E-state index in [4.69, 9.17) is 4.98 Å². The molecule has 4 aromatic rings. The van der Waals surface area contributed by atoms with Gasteiger partial charge in [0, 0.05) is 30.2 Å². The molecule has 8 nitrogen and oxygen atoms in total. The molecular formula is C29H37N7OS. The molecule has 2 aromatic carbocycles. The molecule has 1 amide bonds. The van der Waals surface area contributed by atoms with Crippen molar-refractivity contribution in [1.29, 1.82) is 0 Å². The molecule has 0 fully saturated rings. The fourth-order valence-corrected chi connectivity index (χ4v) is 4.97. The maximum atomic E-state index is 12.8. The van der Waals surface area contributed by atoms with Gasteiger partial charge in [-0.2, -0.15) is 17.8 Å². The number of benzene rings is 2. The molecule has 0 aliphatic rings. The van der Waals surface area contributed by atoms with Crippen molar-refractivity contribution in [2.45, 2.75) is 59.5 Å². The van der Waals surface area contributed by atoms with Crippen molar-refractivity contribution in [3.05, 3.63) is 71.8 Å². The van der Waals surface area contributed by atoms with E-state index in [9.17, 15) is 4.79 Å². The molecule has 2 heterocycles. The summed E-state index contributed by atoms with van der Waals surface area (Å²) in [4.78, 5) is 17.5. The van der Waals surface area contributed by atoms with E-state index in [1.807, 2.05) is 24.4 Å². The zero-order valence-electron chi connectivity index (χ0n) is 22.4. The summed E-state index contributed by atoms with van der Waals surface area (Å²) in [5, 5.41) is 17.7. The zero-order chi connectivity index (χ0) is 26.9. The number of aromatic nitrogens is 6. The quantitative estimate of drug-likeness (QED) is 0.203. The number of carbonyl (C=O) groups excluding carboxylic acids is 1. The van der Waals surface area contributed by atoms with Crippen molar-refractivity contribution in [2.24, 2.45) is 11.8 Å². The number of rotatable bonds is 13. The number of hydrogen-bond acceptors (Lipinski definition) is 6. The molecule has 0 saturated heterocycles. The average Bonchev–Trinajstić information content (AvgIpc) is 3.60. The molecule has 0 radical (unpaired) electrons. The first-order valence-electron chi connectivity index (χ1n) is 13.3. The Hall–Kier alpha value is -3.46. The number of nitrogens with zero attached hydrogens (tertiary/aromatic N) is 5. The van der Waals surface area contributed by atoms with Crippen molar-refractivity contribution in [3.63, 3.8) is 0 Å². The monoisotopic (exact) mass is 531 g/mol. The molecular weight excluding hydrogens is 494 g/mol. The van der Waals surface area contributed by atoms with Gasteiger partial charge in [0.05, 0.1) is 18.4 Å². The van der Waals surface area contributed by atoms with Crippen LogP contribution in [0.15, 0.2) is 54.7 Å². The number of H-pyrrole nitrogens is 1. The Kier molecular flexibility index (Phi) is 9.70. The lowest BCUT2D eigenvalue weighted by Crippen LogP contribution is -2.32. The number of carbonyl (C=O) groups is 1. The number of nitrogens with one attached hydrogen (secondary N) is 2. The van der Waals surface area contributed by atoms with Crippen LogP contribution in [0.4, 0.5) is 0 Å². The Morgan fingerprint density at radius 3 is 2.53 bits per heavy atom. The van der Waals surface area contributed by atoms with Crippen LogP contribution in [0.25, 0.3) is 22.5 Å². The summed E-state index contributed by atoms with van der Waals surface area (Å²) in [6.45, 7) is 7.60. The van der Waals surface area contributed by atoms with Gasteiger partial charge in [-0.05, 0) is 40.7 Å². The minimum absolute atomic E-state index is 0.0566. The van der Waals surface area contributed by atoms with Crippen LogP contribution in [0.1, 0.15) is 57.1 Å². The molecule has 2 N–H and O–H groups in total. The topological polar surface area (TPSA) is 101 Å². The summed E-state index contributed by atoms with van der Waals surface area (Å²) in [5.41, 5.74) is 5.25. The van der Waals surface area contributed by atoms with Gasteiger partial charge in [-0.15, -0.1) is 10.2 Å². The van der Waals surface area contributed by atoms with Crippen LogP contribution in [0.2, 0.25) is 0 Å². The third-order valence-corrected chi connectivity index (χ3v) is 7.13. The predicted octanol–water partition coefficient (Wildman–Crippen LogP) is 5.33. The van der Waals surface area contributed by atoms with Gasteiger partial charge in [0.15, 0.2) is 0 Å². The number of thiol groups is 1. The Morgan fingerprint density at radius 1 is 1.11 bits per heavy atom. The Balaban J connectivity index is 1.52. The fraction of sp³-hybridized carbons (Fsp3) is 0.414. The second kappa shape index (κ2) is 13.4. The van der Waals surface area contributed by atoms with E-state index in [1.54, 1.807) is 0 Å². The van der Waals surface area contributed by atoms with Crippen LogP contribution in [0.3, 0.4) is 0 Å². The van der Waals surface area contributed by atoms with Gasteiger partial charge >= 0.3 is 0 Å². The second-order valence-electron chi connectivity index (χ2n) is 10.1. The van der Waals surface area contributed by atoms with Gasteiger partial charge in [0.2, 0.25) is 11.7 Å². The summed E-state index contributed by atoms with van der Waals surface area (Å²) in [6.07, 6.45) is 5.82. The first-order chi connectivity index (χ1) is 18.5. The van der Waals surface area contributed by atoms with E-state index < -0.39 is 0 Å². The van der Waals surface area contributed by atoms with Gasteiger partial charge in [-0.3, -0.25) is 4.79 Å². The molecule has 0 bridgehead atoms. The first-order valence-corrected chi connectivity index (χ1v) is 14.0. The van der Waals surface area contributed by atoms with Crippen LogP contribution in [-0.4, -0.2) is 41.8 Å². The molecule has 200 valence electrons. The third-order valence-electron chi connectivity index (χ3n) is 6.68. The van der Waals surface area contributed by atoms with Crippen molar-refractivity contribution < 1.29 is 4.79 Å². The van der Waals surface area contributed by atoms with Crippen LogP contribution >= 0.6 is 12.6 Å². The standard InChI is InChI=1S/C29H37N7OS/c1-4-5-10-27-30-16-24(17-31-29(37)23(19-38)15-20(2)3)36(27)18-21-11-13-22(14-12-21)25-8-6-7-9-26(25)28-32-34-35-33-28/h6-9,11-14,16,20,23,38H,4-5,10,15,17-19H2,1-3H3,(H,31,37)(H,32,33,34,35). The molecule has 4 rings (SSSR count). The molecule has 1 unspecified atom stereocenters. The fourth-order valence-electron chi connectivity index (χ4n) is 4.66. The highest BCUT2D eigenvalue weighted by Crippen LogP contribution is 2.30. The third kappa shape index (κ3) is 6.89. The number of tetrazole rings is 1. The van der Waals surface area contributed by atoms with E-state index in [2.05, 4.69) is 94.2 Å². The Morgan fingerprint density at radius 2 is 1.87 bits per heavy atom. The summed E-state index contributed by atoms with van der Waals surface area (Å²) in [5.74, 6) is 2.59. The molecule has 1 atom stereocenters. The highest BCUT2D eigenvalue weighted by molar-refractivity contribution is 7.80. The van der Waals surface area contributed by atoms with Gasteiger partial charge in [0.1, 0.15) is 5.82 Å². The number of aryl methyl sites for hydroxylation is 1. The second-order valence-corrected chi connectivity index (χ2v) is 10.4. The molecule has 0 spiro atoms. The molecule has 0 aliphatic carbocycles. The van der Waals surface area contributed by atoms with Crippen molar-refractivity contribution in [2.75, 3.05) is 5.75 Å². The normalized spacial score (nSPS) is 12.1. The Bertz CT molecular complexity index is 1300. The number of hydrogen-bond donors (Lipinski definition) is 3. The Labute approximate surface area is 230 Å². The van der Waals surface area contributed by atoms with E-state index in [-0.39, 0.29) is 11.8 Å². The number of aromatic amines is 1. The number of imidazole rings is 1.